The Morgan fingerprint density at radius 2 is 2.15 bits per heavy atom. The van der Waals surface area contributed by atoms with Crippen LogP contribution in [0.3, 0.4) is 0 Å². The molecule has 0 aliphatic carbocycles. The lowest BCUT2D eigenvalue weighted by atomic mass is 9.90. The van der Waals surface area contributed by atoms with Crippen molar-refractivity contribution in [3.05, 3.63) is 22.9 Å². The number of nitrogens with two attached hydrogens (primary N) is 1. The fraction of sp³-hybridized carbons (Fsp3) is 0.636. The predicted octanol–water partition coefficient (Wildman–Crippen LogP) is 1.79. The summed E-state index contributed by atoms with van der Waals surface area (Å²) in [6, 6.07) is 0.396. The van der Waals surface area contributed by atoms with Crippen molar-refractivity contribution in [1.29, 1.82) is 0 Å². The minimum Gasteiger partial charge on any atom is -0.382 e. The third-order valence-corrected chi connectivity index (χ3v) is 2.55. The lowest BCUT2D eigenvalue weighted by molar-refractivity contribution is 0.631. The van der Waals surface area contributed by atoms with Crippen molar-refractivity contribution in [2.45, 2.75) is 33.7 Å². The highest BCUT2D eigenvalue weighted by Crippen LogP contribution is 2.23. The van der Waals surface area contributed by atoms with E-state index in [1.54, 1.807) is 0 Å². The van der Waals surface area contributed by atoms with E-state index in [0.717, 1.165) is 0 Å². The maximum atomic E-state index is 5.74. The summed E-state index contributed by atoms with van der Waals surface area (Å²) in [7, 11) is 0. The van der Waals surface area contributed by atoms with Gasteiger partial charge in [0, 0.05) is 18.3 Å². The van der Waals surface area contributed by atoms with Crippen molar-refractivity contribution in [2.75, 3.05) is 6.54 Å². The van der Waals surface area contributed by atoms with Crippen molar-refractivity contribution >= 4 is 0 Å². The molecule has 0 saturated carbocycles. The number of nitrogens with one attached hydrogen (secondary N) is 1. The van der Waals surface area contributed by atoms with Gasteiger partial charge in [-0.1, -0.05) is 13.8 Å². The topological polar surface area (TPSA) is 38.0 Å². The third kappa shape index (κ3) is 2.13. The first kappa shape index (κ1) is 10.3. The van der Waals surface area contributed by atoms with Crippen LogP contribution in [-0.2, 0) is 0 Å². The summed E-state index contributed by atoms with van der Waals surface area (Å²) in [6.07, 6.45) is 2.22. The normalized spacial score (nSPS) is 23.2. The molecule has 2 heteroatoms. The molecule has 1 aliphatic rings. The maximum Gasteiger partial charge on any atom is 0.0460 e. The highest BCUT2D eigenvalue weighted by atomic mass is 14.9. The molecule has 0 aromatic heterocycles. The molecule has 1 rings (SSSR count). The molecule has 0 saturated heterocycles. The summed E-state index contributed by atoms with van der Waals surface area (Å²) in [5.41, 5.74) is 9.74. The van der Waals surface area contributed by atoms with Crippen molar-refractivity contribution in [3.8, 4) is 0 Å². The zero-order chi connectivity index (χ0) is 10.0. The Balaban J connectivity index is 3.05. The first-order chi connectivity index (χ1) is 6.06. The molecular formula is C11H20N2. The molecule has 3 N–H and O–H groups in total. The highest BCUT2D eigenvalue weighted by Gasteiger charge is 2.18. The van der Waals surface area contributed by atoms with Crippen LogP contribution in [0, 0.1) is 5.92 Å². The Morgan fingerprint density at radius 1 is 1.54 bits per heavy atom. The van der Waals surface area contributed by atoms with Crippen LogP contribution in [0.5, 0.6) is 0 Å². The predicted molar refractivity (Wildman–Crippen MR) is 57.3 cm³/mol. The SMILES string of the molecule is CC1=CC(C(C)C)=C(CN)C(C)N1. The van der Waals surface area contributed by atoms with E-state index in [9.17, 15) is 0 Å². The van der Waals surface area contributed by atoms with E-state index in [0.29, 0.717) is 18.5 Å². The molecule has 1 atom stereocenters. The summed E-state index contributed by atoms with van der Waals surface area (Å²) in [5, 5.41) is 3.39. The molecule has 13 heavy (non-hydrogen) atoms. The molecule has 0 amide bonds. The van der Waals surface area contributed by atoms with Gasteiger partial charge in [0.25, 0.3) is 0 Å². The van der Waals surface area contributed by atoms with Crippen LogP contribution in [0.15, 0.2) is 22.9 Å². The van der Waals surface area contributed by atoms with Gasteiger partial charge in [-0.25, -0.2) is 0 Å². The van der Waals surface area contributed by atoms with Crippen LogP contribution in [0.4, 0.5) is 0 Å². The van der Waals surface area contributed by atoms with E-state index < -0.39 is 0 Å². The molecule has 0 bridgehead atoms. The van der Waals surface area contributed by atoms with Gasteiger partial charge in [0.05, 0.1) is 0 Å². The molecule has 0 aromatic rings. The molecule has 0 fully saturated rings. The first-order valence-corrected chi connectivity index (χ1v) is 4.94. The Bertz CT molecular complexity index is 249. The molecule has 1 aliphatic heterocycles. The largest absolute Gasteiger partial charge is 0.382 e. The summed E-state index contributed by atoms with van der Waals surface area (Å²) in [5.74, 6) is 0.568. The second-order valence-corrected chi connectivity index (χ2v) is 4.03. The van der Waals surface area contributed by atoms with Gasteiger partial charge in [0.15, 0.2) is 0 Å². The van der Waals surface area contributed by atoms with Crippen LogP contribution in [0.25, 0.3) is 0 Å². The Kier molecular flexibility index (Phi) is 3.15. The smallest absolute Gasteiger partial charge is 0.0460 e. The lowest BCUT2D eigenvalue weighted by Gasteiger charge is -2.28. The number of hydrogen-bond acceptors (Lipinski definition) is 2. The average Bonchev–Trinajstić information content (AvgIpc) is 2.02. The average molecular weight is 180 g/mol. The molecular weight excluding hydrogens is 160 g/mol. The maximum absolute atomic E-state index is 5.74. The van der Waals surface area contributed by atoms with Gasteiger partial charge in [-0.2, -0.15) is 0 Å². The standard InChI is InChI=1S/C11H20N2/c1-7(2)10-5-8(3)13-9(4)11(10)6-12/h5,7,9,13H,6,12H2,1-4H3. The van der Waals surface area contributed by atoms with Crippen LogP contribution in [-0.4, -0.2) is 12.6 Å². The first-order valence-electron chi connectivity index (χ1n) is 4.94. The number of rotatable bonds is 2. The summed E-state index contributed by atoms with van der Waals surface area (Å²) >= 11 is 0. The second-order valence-electron chi connectivity index (χ2n) is 4.03. The van der Waals surface area contributed by atoms with E-state index in [1.165, 1.54) is 16.8 Å². The zero-order valence-electron chi connectivity index (χ0n) is 9.02. The van der Waals surface area contributed by atoms with Gasteiger partial charge in [-0.15, -0.1) is 0 Å². The number of hydrogen-bond donors (Lipinski definition) is 2. The fourth-order valence-corrected chi connectivity index (χ4v) is 1.88. The summed E-state index contributed by atoms with van der Waals surface area (Å²) in [6.45, 7) is 9.36. The van der Waals surface area contributed by atoms with Gasteiger partial charge in [0.1, 0.15) is 0 Å². The quantitative estimate of drug-likeness (QED) is 0.680. The Labute approximate surface area is 80.9 Å². The van der Waals surface area contributed by atoms with Gasteiger partial charge >= 0.3 is 0 Å². The Morgan fingerprint density at radius 3 is 2.62 bits per heavy atom. The van der Waals surface area contributed by atoms with Crippen LogP contribution in [0.2, 0.25) is 0 Å². The molecule has 2 nitrogen and oxygen atoms in total. The van der Waals surface area contributed by atoms with E-state index >= 15 is 0 Å². The Hall–Kier alpha value is -0.760. The molecule has 0 spiro atoms. The summed E-state index contributed by atoms with van der Waals surface area (Å²) in [4.78, 5) is 0. The monoisotopic (exact) mass is 180 g/mol. The number of allylic oxidation sites excluding steroid dienone is 3. The van der Waals surface area contributed by atoms with Crippen LogP contribution in [0.1, 0.15) is 27.7 Å². The van der Waals surface area contributed by atoms with E-state index in [2.05, 4.69) is 39.1 Å². The molecule has 1 heterocycles. The second kappa shape index (κ2) is 3.97. The van der Waals surface area contributed by atoms with E-state index in [4.69, 9.17) is 5.73 Å². The molecule has 0 radical (unpaired) electrons. The highest BCUT2D eigenvalue weighted by molar-refractivity contribution is 5.37. The third-order valence-electron chi connectivity index (χ3n) is 2.55. The van der Waals surface area contributed by atoms with Gasteiger partial charge < -0.3 is 11.1 Å². The molecule has 0 aromatic carbocycles. The van der Waals surface area contributed by atoms with Crippen molar-refractivity contribution in [2.24, 2.45) is 11.7 Å². The number of dihydropyridines is 1. The molecule has 1 unspecified atom stereocenters. The van der Waals surface area contributed by atoms with Crippen LogP contribution < -0.4 is 11.1 Å². The summed E-state index contributed by atoms with van der Waals surface area (Å²) < 4.78 is 0. The van der Waals surface area contributed by atoms with E-state index in [-0.39, 0.29) is 0 Å². The lowest BCUT2D eigenvalue weighted by Crippen LogP contribution is -2.34. The van der Waals surface area contributed by atoms with Gasteiger partial charge in [-0.05, 0) is 37.0 Å². The zero-order valence-corrected chi connectivity index (χ0v) is 9.02. The fourth-order valence-electron chi connectivity index (χ4n) is 1.88. The van der Waals surface area contributed by atoms with Gasteiger partial charge in [0.2, 0.25) is 0 Å². The minimum atomic E-state index is 0.396. The van der Waals surface area contributed by atoms with Crippen molar-refractivity contribution in [3.63, 3.8) is 0 Å². The minimum absolute atomic E-state index is 0.396. The van der Waals surface area contributed by atoms with E-state index in [1.807, 2.05) is 0 Å². The van der Waals surface area contributed by atoms with Crippen molar-refractivity contribution < 1.29 is 0 Å². The molecule has 74 valence electrons. The van der Waals surface area contributed by atoms with Gasteiger partial charge in [-0.3, -0.25) is 0 Å². The van der Waals surface area contributed by atoms with Crippen molar-refractivity contribution in [1.82, 2.24) is 5.32 Å². The van der Waals surface area contributed by atoms with Crippen LogP contribution >= 0.6 is 0 Å².